The van der Waals surface area contributed by atoms with Crippen LogP contribution in [0.2, 0.25) is 0 Å². The molecule has 134 valence electrons. The van der Waals surface area contributed by atoms with Crippen molar-refractivity contribution < 1.29 is 0 Å². The lowest BCUT2D eigenvalue weighted by Crippen LogP contribution is -2.18. The largest absolute Gasteiger partial charge is 0.378 e. The fourth-order valence-electron chi connectivity index (χ4n) is 2.80. The number of aryl methyl sites for hydroxylation is 1. The monoisotopic (exact) mass is 347 g/mol. The first kappa shape index (κ1) is 17.7. The predicted octanol–water partition coefficient (Wildman–Crippen LogP) is 4.75. The molecule has 0 amide bonds. The van der Waals surface area contributed by atoms with Crippen molar-refractivity contribution in [2.24, 2.45) is 0 Å². The van der Waals surface area contributed by atoms with E-state index in [4.69, 9.17) is 4.98 Å². The summed E-state index contributed by atoms with van der Waals surface area (Å²) in [6.45, 7) is 4.94. The molecular weight excluding hydrogens is 322 g/mol. The first-order valence-corrected chi connectivity index (χ1v) is 8.79. The number of nitrogens with zero attached hydrogens (tertiary/aromatic N) is 4. The van der Waals surface area contributed by atoms with Crippen LogP contribution in [0.1, 0.15) is 12.6 Å². The molecule has 1 heterocycles. The van der Waals surface area contributed by atoms with E-state index in [2.05, 4.69) is 51.3 Å². The minimum Gasteiger partial charge on any atom is -0.378 e. The second kappa shape index (κ2) is 7.87. The van der Waals surface area contributed by atoms with Crippen molar-refractivity contribution in [1.82, 2.24) is 9.97 Å². The van der Waals surface area contributed by atoms with E-state index in [1.54, 1.807) is 0 Å². The van der Waals surface area contributed by atoms with Gasteiger partial charge in [0.2, 0.25) is 5.95 Å². The molecule has 1 aromatic heterocycles. The number of hydrogen-bond donors (Lipinski definition) is 1. The van der Waals surface area contributed by atoms with Crippen molar-refractivity contribution in [3.63, 3.8) is 0 Å². The Labute approximate surface area is 155 Å². The number of hydrogen-bond acceptors (Lipinski definition) is 5. The Kier molecular flexibility index (Phi) is 5.37. The molecule has 26 heavy (non-hydrogen) atoms. The third-order valence-electron chi connectivity index (χ3n) is 4.14. The molecule has 0 aliphatic carbocycles. The molecule has 0 spiro atoms. The van der Waals surface area contributed by atoms with Gasteiger partial charge < -0.3 is 15.1 Å². The summed E-state index contributed by atoms with van der Waals surface area (Å²) < 4.78 is 0. The zero-order valence-corrected chi connectivity index (χ0v) is 15.8. The Morgan fingerprint density at radius 2 is 1.58 bits per heavy atom. The topological polar surface area (TPSA) is 44.3 Å². The van der Waals surface area contributed by atoms with E-state index in [-0.39, 0.29) is 0 Å². The highest BCUT2D eigenvalue weighted by Gasteiger charge is 2.11. The molecule has 0 fully saturated rings. The van der Waals surface area contributed by atoms with Crippen LogP contribution in [0.25, 0.3) is 0 Å². The fraction of sp³-hybridized carbons (Fsp3) is 0.238. The molecule has 0 saturated heterocycles. The van der Waals surface area contributed by atoms with Gasteiger partial charge in [0, 0.05) is 49.5 Å². The molecule has 3 aromatic rings. The van der Waals surface area contributed by atoms with Crippen molar-refractivity contribution in [2.45, 2.75) is 13.8 Å². The molecular formula is C21H25N5. The summed E-state index contributed by atoms with van der Waals surface area (Å²) in [7, 11) is 4.06. The number of rotatable bonds is 6. The van der Waals surface area contributed by atoms with Gasteiger partial charge in [-0.1, -0.05) is 18.2 Å². The molecule has 0 aliphatic heterocycles. The van der Waals surface area contributed by atoms with E-state index in [1.165, 1.54) is 0 Å². The van der Waals surface area contributed by atoms with Crippen LogP contribution in [0.3, 0.4) is 0 Å². The third-order valence-corrected chi connectivity index (χ3v) is 4.14. The van der Waals surface area contributed by atoms with Crippen LogP contribution in [0.4, 0.5) is 28.8 Å². The van der Waals surface area contributed by atoms with E-state index in [0.717, 1.165) is 35.1 Å². The third kappa shape index (κ3) is 4.11. The molecule has 0 bridgehead atoms. The minimum atomic E-state index is 0.604. The van der Waals surface area contributed by atoms with Crippen LogP contribution in [-0.4, -0.2) is 30.6 Å². The zero-order chi connectivity index (χ0) is 18.5. The summed E-state index contributed by atoms with van der Waals surface area (Å²) >= 11 is 0. The number of nitrogens with one attached hydrogen (secondary N) is 1. The van der Waals surface area contributed by atoms with Gasteiger partial charge in [-0.25, -0.2) is 4.98 Å². The SMILES string of the molecule is CCN(c1ccccc1)c1cc(C)nc(Nc2ccc(N(C)C)cc2)n1. The molecule has 0 radical (unpaired) electrons. The minimum absolute atomic E-state index is 0.604. The van der Waals surface area contributed by atoms with Crippen LogP contribution < -0.4 is 15.1 Å². The lowest BCUT2D eigenvalue weighted by molar-refractivity contribution is 0.969. The van der Waals surface area contributed by atoms with E-state index in [9.17, 15) is 0 Å². The highest BCUT2D eigenvalue weighted by atomic mass is 15.2. The maximum Gasteiger partial charge on any atom is 0.229 e. The molecule has 2 aromatic carbocycles. The molecule has 5 heteroatoms. The van der Waals surface area contributed by atoms with Gasteiger partial charge in [0.1, 0.15) is 5.82 Å². The van der Waals surface area contributed by atoms with Crippen molar-refractivity contribution in [3.8, 4) is 0 Å². The van der Waals surface area contributed by atoms with Crippen LogP contribution in [0.15, 0.2) is 60.7 Å². The average Bonchev–Trinajstić information content (AvgIpc) is 2.63. The van der Waals surface area contributed by atoms with E-state index < -0.39 is 0 Å². The number of para-hydroxylation sites is 1. The van der Waals surface area contributed by atoms with Gasteiger partial charge in [0.25, 0.3) is 0 Å². The van der Waals surface area contributed by atoms with Crippen LogP contribution in [0, 0.1) is 6.92 Å². The van der Waals surface area contributed by atoms with Gasteiger partial charge >= 0.3 is 0 Å². The zero-order valence-electron chi connectivity index (χ0n) is 15.8. The quantitative estimate of drug-likeness (QED) is 0.697. The van der Waals surface area contributed by atoms with Crippen molar-refractivity contribution in [3.05, 3.63) is 66.4 Å². The summed E-state index contributed by atoms with van der Waals surface area (Å²) in [6.07, 6.45) is 0. The number of benzene rings is 2. The smallest absolute Gasteiger partial charge is 0.229 e. The van der Waals surface area contributed by atoms with Gasteiger partial charge in [0.15, 0.2) is 0 Å². The normalized spacial score (nSPS) is 10.5. The summed E-state index contributed by atoms with van der Waals surface area (Å²) in [6, 6.07) is 20.5. The van der Waals surface area contributed by atoms with Gasteiger partial charge in [-0.15, -0.1) is 0 Å². The van der Waals surface area contributed by atoms with Crippen molar-refractivity contribution in [2.75, 3.05) is 35.8 Å². The summed E-state index contributed by atoms with van der Waals surface area (Å²) in [5, 5.41) is 3.31. The van der Waals surface area contributed by atoms with Gasteiger partial charge in [-0.3, -0.25) is 0 Å². The molecule has 1 N–H and O–H groups in total. The average molecular weight is 347 g/mol. The van der Waals surface area contributed by atoms with Crippen molar-refractivity contribution >= 4 is 28.8 Å². The highest BCUT2D eigenvalue weighted by molar-refractivity contribution is 5.63. The molecule has 3 rings (SSSR count). The Bertz CT molecular complexity index is 844. The van der Waals surface area contributed by atoms with Gasteiger partial charge in [0.05, 0.1) is 0 Å². The fourth-order valence-corrected chi connectivity index (χ4v) is 2.80. The molecule has 0 saturated carbocycles. The molecule has 0 aliphatic rings. The van der Waals surface area contributed by atoms with Gasteiger partial charge in [-0.2, -0.15) is 4.98 Å². The first-order chi connectivity index (χ1) is 12.6. The Hall–Kier alpha value is -3.08. The van der Waals surface area contributed by atoms with E-state index >= 15 is 0 Å². The lowest BCUT2D eigenvalue weighted by atomic mass is 10.2. The summed E-state index contributed by atoms with van der Waals surface area (Å²) in [4.78, 5) is 13.5. The first-order valence-electron chi connectivity index (χ1n) is 8.79. The standard InChI is InChI=1S/C21H25N5/c1-5-26(19-9-7-6-8-10-19)20-15-16(2)22-21(24-20)23-17-11-13-18(14-12-17)25(3)4/h6-15H,5H2,1-4H3,(H,22,23,24). The van der Waals surface area contributed by atoms with Crippen LogP contribution in [-0.2, 0) is 0 Å². The summed E-state index contributed by atoms with van der Waals surface area (Å²) in [5.74, 6) is 1.49. The van der Waals surface area contributed by atoms with Crippen LogP contribution >= 0.6 is 0 Å². The van der Waals surface area contributed by atoms with Crippen LogP contribution in [0.5, 0.6) is 0 Å². The molecule has 0 atom stereocenters. The number of anilines is 5. The Morgan fingerprint density at radius 1 is 0.885 bits per heavy atom. The second-order valence-electron chi connectivity index (χ2n) is 6.34. The highest BCUT2D eigenvalue weighted by Crippen LogP contribution is 2.25. The Morgan fingerprint density at radius 3 is 2.19 bits per heavy atom. The number of aromatic nitrogens is 2. The maximum atomic E-state index is 4.73. The second-order valence-corrected chi connectivity index (χ2v) is 6.34. The van der Waals surface area contributed by atoms with Gasteiger partial charge in [-0.05, 0) is 50.2 Å². The van der Waals surface area contributed by atoms with E-state index in [0.29, 0.717) is 5.95 Å². The maximum absolute atomic E-state index is 4.73. The van der Waals surface area contributed by atoms with Crippen molar-refractivity contribution in [1.29, 1.82) is 0 Å². The predicted molar refractivity (Wildman–Crippen MR) is 110 cm³/mol. The van der Waals surface area contributed by atoms with E-state index in [1.807, 2.05) is 57.4 Å². The lowest BCUT2D eigenvalue weighted by Gasteiger charge is -2.23. The summed E-state index contributed by atoms with van der Waals surface area (Å²) in [5.41, 5.74) is 4.17. The Balaban J connectivity index is 1.87. The molecule has 0 unspecified atom stereocenters. The molecule has 5 nitrogen and oxygen atoms in total.